The predicted molar refractivity (Wildman–Crippen MR) is 60.6 cm³/mol. The molecule has 104 valence electrons. The topological polar surface area (TPSA) is 72.2 Å². The largest absolute Gasteiger partial charge is 0.471 e. The van der Waals surface area contributed by atoms with Crippen molar-refractivity contribution in [1.29, 1.82) is 0 Å². The summed E-state index contributed by atoms with van der Waals surface area (Å²) in [4.78, 5) is 20.5. The highest BCUT2D eigenvalue weighted by Gasteiger charge is 2.38. The molecule has 0 radical (unpaired) electrons. The predicted octanol–water partition coefficient (Wildman–Crippen LogP) is 2.38. The van der Waals surface area contributed by atoms with Crippen LogP contribution >= 0.6 is 0 Å². The molecule has 1 aromatic rings. The van der Waals surface area contributed by atoms with E-state index in [2.05, 4.69) is 0 Å². The average Bonchev–Trinajstić information content (AvgIpc) is 2.34. The van der Waals surface area contributed by atoms with Crippen molar-refractivity contribution in [3.8, 4) is 0 Å². The highest BCUT2D eigenvalue weighted by molar-refractivity contribution is 5.81. The van der Waals surface area contributed by atoms with Crippen molar-refractivity contribution < 1.29 is 22.9 Å². The molecular weight excluding hydrogens is 265 g/mol. The van der Waals surface area contributed by atoms with Crippen molar-refractivity contribution in [2.24, 2.45) is 0 Å². The number of hydrogen-bond acceptors (Lipinski definition) is 3. The number of rotatable bonds is 4. The first-order chi connectivity index (χ1) is 8.71. The second kappa shape index (κ2) is 5.68. The van der Waals surface area contributed by atoms with Gasteiger partial charge in [0.2, 0.25) is 0 Å². The Morgan fingerprint density at radius 2 is 1.89 bits per heavy atom. The van der Waals surface area contributed by atoms with E-state index >= 15 is 0 Å². The summed E-state index contributed by atoms with van der Waals surface area (Å²) >= 11 is 0. The molecule has 1 amide bonds. The first-order valence-corrected chi connectivity index (χ1v) is 5.31. The van der Waals surface area contributed by atoms with Gasteiger partial charge in [0.25, 0.3) is 5.69 Å². The fraction of sp³-hybridized carbons (Fsp3) is 0.364. The Bertz CT molecular complexity index is 471. The Kier molecular flexibility index (Phi) is 4.47. The number of halogens is 3. The molecule has 0 bridgehead atoms. The number of nitrogens with one attached hydrogen (secondary N) is 1. The number of alkyl halides is 3. The molecule has 1 atom stereocenters. The first kappa shape index (κ1) is 14.9. The summed E-state index contributed by atoms with van der Waals surface area (Å²) in [6.07, 6.45) is -4.91. The monoisotopic (exact) mass is 276 g/mol. The van der Waals surface area contributed by atoms with Crippen molar-refractivity contribution >= 4 is 11.6 Å². The van der Waals surface area contributed by atoms with Crippen LogP contribution in [0.15, 0.2) is 24.3 Å². The molecule has 0 aromatic heterocycles. The fourth-order valence-electron chi connectivity index (χ4n) is 1.39. The van der Waals surface area contributed by atoms with Crippen LogP contribution in [-0.4, -0.2) is 23.6 Å². The lowest BCUT2D eigenvalue weighted by Crippen LogP contribution is -2.38. The summed E-state index contributed by atoms with van der Waals surface area (Å²) in [5, 5.41) is 12.2. The van der Waals surface area contributed by atoms with Crippen LogP contribution in [0.2, 0.25) is 0 Å². The van der Waals surface area contributed by atoms with Crippen LogP contribution in [-0.2, 0) is 4.79 Å². The number of carbonyl (C=O) groups excluding carboxylic acids is 1. The molecule has 0 saturated heterocycles. The Hall–Kier alpha value is -2.12. The standard InChI is InChI=1S/C11H11F3N2O3/c1-7(6-15-10(17)11(12,13)14)8-2-4-9(5-3-8)16(18)19/h2-5,7H,6H2,1H3,(H,15,17)/t7-/m0/s1. The van der Waals surface area contributed by atoms with Gasteiger partial charge in [-0.15, -0.1) is 0 Å². The number of non-ortho nitro benzene ring substituents is 1. The van der Waals surface area contributed by atoms with Crippen molar-refractivity contribution in [2.75, 3.05) is 6.54 Å². The number of amides is 1. The van der Waals surface area contributed by atoms with E-state index in [1.807, 2.05) is 0 Å². The van der Waals surface area contributed by atoms with Crippen LogP contribution in [0.1, 0.15) is 18.4 Å². The zero-order chi connectivity index (χ0) is 14.6. The van der Waals surface area contributed by atoms with Crippen molar-refractivity contribution in [1.82, 2.24) is 5.32 Å². The highest BCUT2D eigenvalue weighted by atomic mass is 19.4. The normalized spacial score (nSPS) is 12.8. The van der Waals surface area contributed by atoms with Gasteiger partial charge in [0.1, 0.15) is 0 Å². The van der Waals surface area contributed by atoms with Gasteiger partial charge in [-0.3, -0.25) is 14.9 Å². The third kappa shape index (κ3) is 4.23. The number of nitro groups is 1. The van der Waals surface area contributed by atoms with Crippen LogP contribution in [0.4, 0.5) is 18.9 Å². The molecule has 0 aliphatic rings. The molecule has 8 heteroatoms. The minimum absolute atomic E-state index is 0.102. The Labute approximate surface area is 106 Å². The number of benzene rings is 1. The van der Waals surface area contributed by atoms with Gasteiger partial charge in [-0.05, 0) is 11.5 Å². The molecule has 0 heterocycles. The summed E-state index contributed by atoms with van der Waals surface area (Å²) in [5.41, 5.74) is 0.503. The van der Waals surface area contributed by atoms with Gasteiger partial charge in [0.05, 0.1) is 4.92 Å². The van der Waals surface area contributed by atoms with E-state index < -0.39 is 17.0 Å². The minimum Gasteiger partial charge on any atom is -0.348 e. The fourth-order valence-corrected chi connectivity index (χ4v) is 1.39. The van der Waals surface area contributed by atoms with E-state index in [0.29, 0.717) is 5.56 Å². The summed E-state index contributed by atoms with van der Waals surface area (Å²) in [7, 11) is 0. The smallest absolute Gasteiger partial charge is 0.348 e. The van der Waals surface area contributed by atoms with E-state index in [9.17, 15) is 28.1 Å². The average molecular weight is 276 g/mol. The molecule has 0 saturated carbocycles. The van der Waals surface area contributed by atoms with Gasteiger partial charge in [-0.25, -0.2) is 0 Å². The second-order valence-corrected chi connectivity index (χ2v) is 3.96. The van der Waals surface area contributed by atoms with Crippen LogP contribution < -0.4 is 5.32 Å². The molecule has 0 aliphatic carbocycles. The highest BCUT2D eigenvalue weighted by Crippen LogP contribution is 2.19. The Balaban J connectivity index is 2.61. The van der Waals surface area contributed by atoms with Gasteiger partial charge >= 0.3 is 12.1 Å². The van der Waals surface area contributed by atoms with Crippen LogP contribution in [0.5, 0.6) is 0 Å². The van der Waals surface area contributed by atoms with Gasteiger partial charge in [0, 0.05) is 18.7 Å². The Morgan fingerprint density at radius 3 is 2.32 bits per heavy atom. The maximum absolute atomic E-state index is 12.0. The molecule has 0 unspecified atom stereocenters. The SMILES string of the molecule is C[C@@H](CNC(=O)C(F)(F)F)c1ccc([N+](=O)[O-])cc1. The summed E-state index contributed by atoms with van der Waals surface area (Å²) in [6.45, 7) is 1.41. The zero-order valence-electron chi connectivity index (χ0n) is 9.90. The van der Waals surface area contributed by atoms with Gasteiger partial charge in [-0.2, -0.15) is 13.2 Å². The summed E-state index contributed by atoms with van der Waals surface area (Å²) < 4.78 is 35.9. The lowest BCUT2D eigenvalue weighted by Gasteiger charge is -2.13. The van der Waals surface area contributed by atoms with E-state index in [4.69, 9.17) is 0 Å². The lowest BCUT2D eigenvalue weighted by molar-refractivity contribution is -0.384. The minimum atomic E-state index is -4.91. The van der Waals surface area contributed by atoms with Crippen molar-refractivity contribution in [2.45, 2.75) is 19.0 Å². The van der Waals surface area contributed by atoms with Gasteiger partial charge in [0.15, 0.2) is 0 Å². The third-order valence-corrected chi connectivity index (χ3v) is 2.50. The maximum atomic E-state index is 12.0. The van der Waals surface area contributed by atoms with E-state index in [1.54, 1.807) is 12.2 Å². The number of nitrogens with zero attached hydrogens (tertiary/aromatic N) is 1. The molecule has 0 aliphatic heterocycles. The van der Waals surface area contributed by atoms with Gasteiger partial charge < -0.3 is 5.32 Å². The molecular formula is C11H11F3N2O3. The molecule has 0 spiro atoms. The Morgan fingerprint density at radius 1 is 1.37 bits per heavy atom. The summed E-state index contributed by atoms with van der Waals surface area (Å²) in [5.74, 6) is -2.38. The zero-order valence-corrected chi connectivity index (χ0v) is 9.90. The van der Waals surface area contributed by atoms with E-state index in [1.165, 1.54) is 24.3 Å². The number of hydrogen-bond donors (Lipinski definition) is 1. The van der Waals surface area contributed by atoms with Crippen molar-refractivity contribution in [3.05, 3.63) is 39.9 Å². The molecule has 1 aromatic carbocycles. The van der Waals surface area contributed by atoms with Crippen LogP contribution in [0, 0.1) is 10.1 Å². The molecule has 5 nitrogen and oxygen atoms in total. The molecule has 1 rings (SSSR count). The second-order valence-electron chi connectivity index (χ2n) is 3.96. The third-order valence-electron chi connectivity index (χ3n) is 2.50. The van der Waals surface area contributed by atoms with Crippen LogP contribution in [0.3, 0.4) is 0 Å². The molecule has 0 fully saturated rings. The molecule has 19 heavy (non-hydrogen) atoms. The maximum Gasteiger partial charge on any atom is 0.471 e. The molecule has 1 N–H and O–H groups in total. The van der Waals surface area contributed by atoms with Crippen LogP contribution in [0.25, 0.3) is 0 Å². The summed E-state index contributed by atoms with van der Waals surface area (Å²) in [6, 6.07) is 5.42. The first-order valence-electron chi connectivity index (χ1n) is 5.31. The van der Waals surface area contributed by atoms with Crippen molar-refractivity contribution in [3.63, 3.8) is 0 Å². The lowest BCUT2D eigenvalue weighted by atomic mass is 10.0. The quantitative estimate of drug-likeness (QED) is 0.677. The van der Waals surface area contributed by atoms with Gasteiger partial charge in [-0.1, -0.05) is 19.1 Å². The van der Waals surface area contributed by atoms with E-state index in [-0.39, 0.29) is 18.2 Å². The number of carbonyl (C=O) groups is 1. The number of nitro benzene ring substituents is 1. The van der Waals surface area contributed by atoms with E-state index in [0.717, 1.165) is 0 Å².